The van der Waals surface area contributed by atoms with E-state index >= 15 is 0 Å². The molecule has 0 spiro atoms. The molecule has 0 aliphatic carbocycles. The zero-order valence-electron chi connectivity index (χ0n) is 15.3. The van der Waals surface area contributed by atoms with Crippen LogP contribution in [0.15, 0.2) is 36.7 Å². The van der Waals surface area contributed by atoms with E-state index in [4.69, 9.17) is 4.74 Å². The molecule has 0 aliphatic heterocycles. The molecule has 0 unspecified atom stereocenters. The monoisotopic (exact) mass is 356 g/mol. The molecular weight excluding hydrogens is 332 g/mol. The summed E-state index contributed by atoms with van der Waals surface area (Å²) in [5.74, 6) is 0.394. The number of carbonyl (C=O) groups is 2. The second-order valence-corrected chi connectivity index (χ2v) is 6.16. The molecule has 7 heteroatoms. The van der Waals surface area contributed by atoms with E-state index in [2.05, 4.69) is 34.4 Å². The highest BCUT2D eigenvalue weighted by molar-refractivity contribution is 6.04. The second kappa shape index (κ2) is 9.50. The quantitative estimate of drug-likeness (QED) is 0.705. The van der Waals surface area contributed by atoms with E-state index in [-0.39, 0.29) is 11.9 Å². The van der Waals surface area contributed by atoms with Gasteiger partial charge in [-0.15, -0.1) is 0 Å². The van der Waals surface area contributed by atoms with Crippen LogP contribution >= 0.6 is 0 Å². The van der Waals surface area contributed by atoms with E-state index in [1.165, 1.54) is 12.4 Å². The van der Waals surface area contributed by atoms with Crippen molar-refractivity contribution in [3.05, 3.63) is 47.8 Å². The molecule has 1 aromatic heterocycles. The van der Waals surface area contributed by atoms with Gasteiger partial charge < -0.3 is 15.4 Å². The lowest BCUT2D eigenvalue weighted by Crippen LogP contribution is -2.14. The lowest BCUT2D eigenvalue weighted by molar-refractivity contribution is 0.0526. The minimum absolute atomic E-state index is 0.317. The third kappa shape index (κ3) is 5.84. The summed E-state index contributed by atoms with van der Waals surface area (Å²) in [6.45, 7) is 7.15. The molecule has 0 fully saturated rings. The molecule has 7 nitrogen and oxygen atoms in total. The number of esters is 1. The van der Waals surface area contributed by atoms with Crippen LogP contribution in [0.2, 0.25) is 0 Å². The molecule has 138 valence electrons. The minimum atomic E-state index is -0.390. The summed E-state index contributed by atoms with van der Waals surface area (Å²) in [5.41, 5.74) is 1.36. The average Bonchev–Trinajstić information content (AvgIpc) is 2.63. The van der Waals surface area contributed by atoms with Crippen molar-refractivity contribution in [1.82, 2.24) is 9.97 Å². The Morgan fingerprint density at radius 2 is 1.73 bits per heavy atom. The molecule has 1 heterocycles. The van der Waals surface area contributed by atoms with Gasteiger partial charge in [-0.1, -0.05) is 13.8 Å². The summed E-state index contributed by atoms with van der Waals surface area (Å²) in [6.07, 6.45) is 3.98. The van der Waals surface area contributed by atoms with Gasteiger partial charge in [-0.25, -0.2) is 14.8 Å². The van der Waals surface area contributed by atoms with Crippen molar-refractivity contribution in [2.24, 2.45) is 5.92 Å². The predicted octanol–water partition coefficient (Wildman–Crippen LogP) is 3.36. The van der Waals surface area contributed by atoms with E-state index in [1.54, 1.807) is 31.2 Å². The Hall–Kier alpha value is -2.96. The first-order chi connectivity index (χ1) is 12.5. The second-order valence-electron chi connectivity index (χ2n) is 6.16. The molecule has 2 rings (SSSR count). The lowest BCUT2D eigenvalue weighted by atomic mass is 10.1. The van der Waals surface area contributed by atoms with Crippen molar-refractivity contribution in [1.29, 1.82) is 0 Å². The number of rotatable bonds is 8. The lowest BCUT2D eigenvalue weighted by Gasteiger charge is -2.08. The fourth-order valence-electron chi connectivity index (χ4n) is 2.12. The molecule has 2 N–H and O–H groups in total. The van der Waals surface area contributed by atoms with Crippen LogP contribution in [0, 0.1) is 5.92 Å². The summed E-state index contributed by atoms with van der Waals surface area (Å²) in [4.78, 5) is 32.2. The number of hydrogen-bond donors (Lipinski definition) is 2. The normalized spacial score (nSPS) is 10.5. The van der Waals surface area contributed by atoms with Gasteiger partial charge in [0.05, 0.1) is 17.7 Å². The molecular formula is C19H24N4O3. The van der Waals surface area contributed by atoms with Gasteiger partial charge in [0.15, 0.2) is 0 Å². The summed E-state index contributed by atoms with van der Waals surface area (Å²) in [6, 6.07) is 6.50. The van der Waals surface area contributed by atoms with E-state index < -0.39 is 0 Å². The summed E-state index contributed by atoms with van der Waals surface area (Å²) in [5, 5.41) is 5.86. The minimum Gasteiger partial charge on any atom is -0.462 e. The predicted molar refractivity (Wildman–Crippen MR) is 100 cm³/mol. The molecule has 0 radical (unpaired) electrons. The SMILES string of the molecule is CCOC(=O)c1ccc(NC(=O)c2cnc(NCCC(C)C)nc2)cc1. The Bertz CT molecular complexity index is 727. The Balaban J connectivity index is 1.91. The summed E-state index contributed by atoms with van der Waals surface area (Å²) >= 11 is 0. The molecule has 0 bridgehead atoms. The van der Waals surface area contributed by atoms with Gasteiger partial charge in [0, 0.05) is 24.6 Å². The third-order valence-corrected chi connectivity index (χ3v) is 3.57. The van der Waals surface area contributed by atoms with E-state index in [9.17, 15) is 9.59 Å². The molecule has 26 heavy (non-hydrogen) atoms. The first kappa shape index (κ1) is 19.4. The first-order valence-electron chi connectivity index (χ1n) is 8.64. The van der Waals surface area contributed by atoms with E-state index in [1.807, 2.05) is 0 Å². The van der Waals surface area contributed by atoms with Crippen molar-refractivity contribution in [2.75, 3.05) is 23.8 Å². The van der Waals surface area contributed by atoms with Crippen LogP contribution < -0.4 is 10.6 Å². The number of nitrogens with one attached hydrogen (secondary N) is 2. The number of carbonyl (C=O) groups excluding carboxylic acids is 2. The maximum Gasteiger partial charge on any atom is 0.338 e. The zero-order valence-corrected chi connectivity index (χ0v) is 15.3. The van der Waals surface area contributed by atoms with Crippen molar-refractivity contribution in [3.8, 4) is 0 Å². The van der Waals surface area contributed by atoms with Gasteiger partial charge in [-0.3, -0.25) is 4.79 Å². The highest BCUT2D eigenvalue weighted by atomic mass is 16.5. The van der Waals surface area contributed by atoms with Crippen molar-refractivity contribution in [3.63, 3.8) is 0 Å². The molecule has 0 atom stereocenters. The van der Waals surface area contributed by atoms with Gasteiger partial charge in [-0.05, 0) is 43.5 Å². The highest BCUT2D eigenvalue weighted by Crippen LogP contribution is 2.12. The molecule has 1 amide bonds. The van der Waals surface area contributed by atoms with Gasteiger partial charge in [0.25, 0.3) is 5.91 Å². The van der Waals surface area contributed by atoms with Crippen LogP contribution in [0.3, 0.4) is 0 Å². The van der Waals surface area contributed by atoms with Crippen LogP contribution in [0.5, 0.6) is 0 Å². The van der Waals surface area contributed by atoms with Crippen molar-refractivity contribution >= 4 is 23.5 Å². The molecule has 2 aromatic rings. The molecule has 0 saturated heterocycles. The van der Waals surface area contributed by atoms with Crippen LogP contribution in [-0.2, 0) is 4.74 Å². The Kier molecular flexibility index (Phi) is 7.08. The largest absolute Gasteiger partial charge is 0.462 e. The number of ether oxygens (including phenoxy) is 1. The topological polar surface area (TPSA) is 93.2 Å². The smallest absolute Gasteiger partial charge is 0.338 e. The Morgan fingerprint density at radius 1 is 1.08 bits per heavy atom. The maximum absolute atomic E-state index is 12.2. The first-order valence-corrected chi connectivity index (χ1v) is 8.64. The third-order valence-electron chi connectivity index (χ3n) is 3.57. The number of hydrogen-bond acceptors (Lipinski definition) is 6. The zero-order chi connectivity index (χ0) is 18.9. The van der Waals surface area contributed by atoms with Crippen LogP contribution in [0.1, 0.15) is 47.9 Å². The van der Waals surface area contributed by atoms with Gasteiger partial charge in [0.2, 0.25) is 5.95 Å². The number of nitrogens with zero attached hydrogens (tertiary/aromatic N) is 2. The fourth-order valence-corrected chi connectivity index (χ4v) is 2.12. The van der Waals surface area contributed by atoms with E-state index in [0.29, 0.717) is 35.3 Å². The number of aromatic nitrogens is 2. The van der Waals surface area contributed by atoms with Crippen molar-refractivity contribution in [2.45, 2.75) is 27.2 Å². The highest BCUT2D eigenvalue weighted by Gasteiger charge is 2.10. The molecule has 1 aromatic carbocycles. The fraction of sp³-hybridized carbons (Fsp3) is 0.368. The standard InChI is InChI=1S/C19H24N4O3/c1-4-26-18(25)14-5-7-16(8-6-14)23-17(24)15-11-21-19(22-12-15)20-10-9-13(2)3/h5-8,11-13H,4,9-10H2,1-3H3,(H,23,24)(H,20,21,22). The van der Waals surface area contributed by atoms with Gasteiger partial charge >= 0.3 is 5.97 Å². The summed E-state index contributed by atoms with van der Waals surface area (Å²) < 4.78 is 4.92. The average molecular weight is 356 g/mol. The van der Waals surface area contributed by atoms with Gasteiger partial charge in [0.1, 0.15) is 0 Å². The van der Waals surface area contributed by atoms with Crippen LogP contribution in [0.25, 0.3) is 0 Å². The maximum atomic E-state index is 12.2. The Morgan fingerprint density at radius 3 is 2.31 bits per heavy atom. The Labute approximate surface area is 153 Å². The van der Waals surface area contributed by atoms with E-state index in [0.717, 1.165) is 13.0 Å². The van der Waals surface area contributed by atoms with Crippen molar-refractivity contribution < 1.29 is 14.3 Å². The number of anilines is 2. The van der Waals surface area contributed by atoms with Crippen LogP contribution in [0.4, 0.5) is 11.6 Å². The van der Waals surface area contributed by atoms with Crippen LogP contribution in [-0.4, -0.2) is 35.0 Å². The molecule has 0 aliphatic rings. The number of amides is 1. The molecule has 0 saturated carbocycles. The van der Waals surface area contributed by atoms with Gasteiger partial charge in [-0.2, -0.15) is 0 Å². The summed E-state index contributed by atoms with van der Waals surface area (Å²) in [7, 11) is 0. The number of benzene rings is 1.